The van der Waals surface area contributed by atoms with Gasteiger partial charge in [0.2, 0.25) is 0 Å². The molecular formula is C19H21N3O2. The maximum absolute atomic E-state index is 11.2. The van der Waals surface area contributed by atoms with Crippen LogP contribution in [0.25, 0.3) is 0 Å². The number of hydrogen-bond acceptors (Lipinski definition) is 3. The van der Waals surface area contributed by atoms with Crippen LogP contribution in [0.15, 0.2) is 24.3 Å². The van der Waals surface area contributed by atoms with Crippen LogP contribution in [-0.4, -0.2) is 20.9 Å². The quantitative estimate of drug-likeness (QED) is 0.916. The second-order valence-corrected chi connectivity index (χ2v) is 6.27. The number of hydrogen-bond donors (Lipinski definition) is 1. The molecule has 0 amide bonds. The van der Waals surface area contributed by atoms with Gasteiger partial charge >= 0.3 is 5.97 Å². The highest BCUT2D eigenvalue weighted by Crippen LogP contribution is 2.37. The molecule has 124 valence electrons. The summed E-state index contributed by atoms with van der Waals surface area (Å²) >= 11 is 0. The SMILES string of the molecule is CCc1nn(Cc2ccccc2C#N)c2c1C(CC(=O)O)CCC2. The summed E-state index contributed by atoms with van der Waals surface area (Å²) < 4.78 is 1.98. The van der Waals surface area contributed by atoms with Crippen molar-refractivity contribution in [3.05, 3.63) is 52.3 Å². The number of benzene rings is 1. The van der Waals surface area contributed by atoms with Crippen molar-refractivity contribution in [2.45, 2.75) is 51.5 Å². The molecule has 5 nitrogen and oxygen atoms in total. The second-order valence-electron chi connectivity index (χ2n) is 6.27. The lowest BCUT2D eigenvalue weighted by molar-refractivity contribution is -0.137. The van der Waals surface area contributed by atoms with E-state index in [-0.39, 0.29) is 12.3 Å². The number of carbonyl (C=O) groups is 1. The molecule has 5 heteroatoms. The van der Waals surface area contributed by atoms with Gasteiger partial charge in [0.15, 0.2) is 0 Å². The Morgan fingerprint density at radius 3 is 2.96 bits per heavy atom. The van der Waals surface area contributed by atoms with Crippen molar-refractivity contribution in [2.75, 3.05) is 0 Å². The number of rotatable bonds is 5. The first-order valence-corrected chi connectivity index (χ1v) is 8.42. The maximum Gasteiger partial charge on any atom is 0.303 e. The van der Waals surface area contributed by atoms with Crippen LogP contribution in [0, 0.1) is 11.3 Å². The molecule has 0 saturated carbocycles. The van der Waals surface area contributed by atoms with Gasteiger partial charge in [-0.15, -0.1) is 0 Å². The molecule has 2 aromatic rings. The molecule has 1 aliphatic rings. The van der Waals surface area contributed by atoms with E-state index < -0.39 is 5.97 Å². The molecule has 0 saturated heterocycles. The Labute approximate surface area is 141 Å². The van der Waals surface area contributed by atoms with Gasteiger partial charge in [-0.3, -0.25) is 9.48 Å². The molecule has 1 heterocycles. The van der Waals surface area contributed by atoms with Gasteiger partial charge in [0.1, 0.15) is 0 Å². The molecule has 1 aromatic carbocycles. The minimum absolute atomic E-state index is 0.0566. The zero-order valence-electron chi connectivity index (χ0n) is 13.8. The highest BCUT2D eigenvalue weighted by atomic mass is 16.4. The molecule has 3 rings (SSSR count). The molecule has 1 aliphatic carbocycles. The summed E-state index contributed by atoms with van der Waals surface area (Å²) in [5.41, 5.74) is 4.91. The van der Waals surface area contributed by atoms with E-state index in [2.05, 4.69) is 13.0 Å². The maximum atomic E-state index is 11.2. The molecule has 0 fully saturated rings. The van der Waals surface area contributed by atoms with E-state index >= 15 is 0 Å². The van der Waals surface area contributed by atoms with Gasteiger partial charge < -0.3 is 5.11 Å². The first-order valence-electron chi connectivity index (χ1n) is 8.42. The number of fused-ring (bicyclic) bond motifs is 1. The third kappa shape index (κ3) is 3.05. The number of aryl methyl sites for hydroxylation is 1. The summed E-state index contributed by atoms with van der Waals surface area (Å²) in [5, 5.41) is 23.2. The van der Waals surface area contributed by atoms with E-state index in [1.165, 1.54) is 0 Å². The Kier molecular flexibility index (Phi) is 4.66. The fourth-order valence-corrected chi connectivity index (χ4v) is 3.70. The van der Waals surface area contributed by atoms with E-state index in [1.807, 2.05) is 28.9 Å². The van der Waals surface area contributed by atoms with Gasteiger partial charge in [-0.1, -0.05) is 25.1 Å². The summed E-state index contributed by atoms with van der Waals surface area (Å²) in [5.74, 6) is -0.696. The molecule has 0 aliphatic heterocycles. The van der Waals surface area contributed by atoms with E-state index in [0.29, 0.717) is 12.1 Å². The normalized spacial score (nSPS) is 16.4. The monoisotopic (exact) mass is 323 g/mol. The zero-order valence-corrected chi connectivity index (χ0v) is 13.8. The standard InChI is InChI=1S/C19H21N3O2/c1-2-16-19-13(10-18(23)24)8-5-9-17(19)22(21-16)12-15-7-4-3-6-14(15)11-20/h3-4,6-7,13H,2,5,8-10,12H2,1H3,(H,23,24). The van der Waals surface area contributed by atoms with Gasteiger partial charge in [0.05, 0.1) is 30.3 Å². The predicted molar refractivity (Wildman–Crippen MR) is 89.8 cm³/mol. The fourth-order valence-electron chi connectivity index (χ4n) is 3.70. The van der Waals surface area contributed by atoms with E-state index in [1.54, 1.807) is 0 Å². The minimum Gasteiger partial charge on any atom is -0.481 e. The van der Waals surface area contributed by atoms with Gasteiger partial charge in [-0.2, -0.15) is 10.4 Å². The van der Waals surface area contributed by atoms with Crippen LogP contribution in [0.3, 0.4) is 0 Å². The van der Waals surface area contributed by atoms with E-state index in [0.717, 1.165) is 48.2 Å². The predicted octanol–water partition coefficient (Wildman–Crippen LogP) is 3.26. The zero-order chi connectivity index (χ0) is 17.1. The molecule has 0 radical (unpaired) electrons. The van der Waals surface area contributed by atoms with Crippen molar-refractivity contribution < 1.29 is 9.90 Å². The third-order valence-corrected chi connectivity index (χ3v) is 4.76. The lowest BCUT2D eigenvalue weighted by atomic mass is 9.82. The Balaban J connectivity index is 2.00. The van der Waals surface area contributed by atoms with E-state index in [4.69, 9.17) is 5.10 Å². The Hall–Kier alpha value is -2.61. The van der Waals surface area contributed by atoms with Crippen LogP contribution in [0.1, 0.15) is 60.2 Å². The molecule has 0 bridgehead atoms. The van der Waals surface area contributed by atoms with Crippen molar-refractivity contribution in [2.24, 2.45) is 0 Å². The number of nitriles is 1. The van der Waals surface area contributed by atoms with Crippen molar-refractivity contribution in [1.29, 1.82) is 5.26 Å². The number of nitrogens with zero attached hydrogens (tertiary/aromatic N) is 3. The number of carboxylic acids is 1. The van der Waals surface area contributed by atoms with Crippen molar-refractivity contribution in [3.8, 4) is 6.07 Å². The summed E-state index contributed by atoms with van der Waals surface area (Å²) in [7, 11) is 0. The first kappa shape index (κ1) is 16.3. The Bertz CT molecular complexity index is 801. The number of aliphatic carboxylic acids is 1. The topological polar surface area (TPSA) is 78.9 Å². The average molecular weight is 323 g/mol. The molecule has 1 N–H and O–H groups in total. The summed E-state index contributed by atoms with van der Waals surface area (Å²) in [6.07, 6.45) is 3.78. The second kappa shape index (κ2) is 6.88. The van der Waals surface area contributed by atoms with Crippen LogP contribution in [0.4, 0.5) is 0 Å². The van der Waals surface area contributed by atoms with E-state index in [9.17, 15) is 15.2 Å². The number of carboxylic acid groups (broad SMARTS) is 1. The molecule has 1 aromatic heterocycles. The van der Waals surface area contributed by atoms with Crippen molar-refractivity contribution in [3.63, 3.8) is 0 Å². The smallest absolute Gasteiger partial charge is 0.303 e. The van der Waals surface area contributed by atoms with Crippen LogP contribution in [0.5, 0.6) is 0 Å². The minimum atomic E-state index is -0.752. The van der Waals surface area contributed by atoms with Crippen LogP contribution in [-0.2, 0) is 24.2 Å². The molecule has 1 atom stereocenters. The molecule has 24 heavy (non-hydrogen) atoms. The molecule has 0 spiro atoms. The Morgan fingerprint density at radius 1 is 1.46 bits per heavy atom. The summed E-state index contributed by atoms with van der Waals surface area (Å²) in [6, 6.07) is 9.80. The molecular weight excluding hydrogens is 302 g/mol. The number of aromatic nitrogens is 2. The van der Waals surface area contributed by atoms with Crippen LogP contribution in [0.2, 0.25) is 0 Å². The molecule has 1 unspecified atom stereocenters. The van der Waals surface area contributed by atoms with Gasteiger partial charge in [0.25, 0.3) is 0 Å². The summed E-state index contributed by atoms with van der Waals surface area (Å²) in [4.78, 5) is 11.2. The Morgan fingerprint density at radius 2 is 2.25 bits per heavy atom. The van der Waals surface area contributed by atoms with Crippen LogP contribution < -0.4 is 0 Å². The van der Waals surface area contributed by atoms with Crippen LogP contribution >= 0.6 is 0 Å². The highest BCUT2D eigenvalue weighted by Gasteiger charge is 2.29. The van der Waals surface area contributed by atoms with Gasteiger partial charge in [0, 0.05) is 11.3 Å². The fraction of sp³-hybridized carbons (Fsp3) is 0.421. The van der Waals surface area contributed by atoms with Crippen molar-refractivity contribution in [1.82, 2.24) is 9.78 Å². The third-order valence-electron chi connectivity index (χ3n) is 4.76. The first-order chi connectivity index (χ1) is 11.6. The summed E-state index contributed by atoms with van der Waals surface area (Å²) in [6.45, 7) is 2.62. The highest BCUT2D eigenvalue weighted by molar-refractivity contribution is 5.68. The van der Waals surface area contributed by atoms with Gasteiger partial charge in [-0.05, 0) is 43.2 Å². The average Bonchev–Trinajstić information content (AvgIpc) is 2.94. The lowest BCUT2D eigenvalue weighted by Gasteiger charge is -2.23. The lowest BCUT2D eigenvalue weighted by Crippen LogP contribution is -2.16. The largest absolute Gasteiger partial charge is 0.481 e. The van der Waals surface area contributed by atoms with Crippen molar-refractivity contribution >= 4 is 5.97 Å². The van der Waals surface area contributed by atoms with Gasteiger partial charge in [-0.25, -0.2) is 0 Å².